The highest BCUT2D eigenvalue weighted by Crippen LogP contribution is 1.99. The first-order chi connectivity index (χ1) is 6.58. The number of aromatic nitrogens is 2. The Hall–Kier alpha value is -1.85. The summed E-state index contributed by atoms with van der Waals surface area (Å²) in [4.78, 5) is 11.6. The molecule has 0 radical (unpaired) electrons. The maximum absolute atomic E-state index is 11.2. The second kappa shape index (κ2) is 4.40. The largest absolute Gasteiger partial charge is 0.594 e. The van der Waals surface area contributed by atoms with E-state index in [0.717, 1.165) is 0 Å². The predicted molar refractivity (Wildman–Crippen MR) is 50.5 cm³/mol. The number of anilines is 1. The molecule has 1 heterocycles. The quantitative estimate of drug-likeness (QED) is 0.525. The van der Waals surface area contributed by atoms with Crippen LogP contribution in [-0.2, 0) is 0 Å². The van der Waals surface area contributed by atoms with Crippen LogP contribution < -0.4 is 15.5 Å². The smallest absolute Gasteiger partial charge is 0.319 e. The second-order valence-electron chi connectivity index (χ2n) is 3.07. The molecule has 6 nitrogen and oxygen atoms in total. The number of hydrogen-bond donors (Lipinski definition) is 2. The summed E-state index contributed by atoms with van der Waals surface area (Å²) in [6.07, 6.45) is 2.50. The van der Waals surface area contributed by atoms with E-state index >= 15 is 0 Å². The predicted octanol–water partition coefficient (Wildman–Crippen LogP) is 0.245. The summed E-state index contributed by atoms with van der Waals surface area (Å²) in [6, 6.07) is 1.22. The van der Waals surface area contributed by atoms with Gasteiger partial charge in [0.05, 0.1) is 5.69 Å². The lowest BCUT2D eigenvalue weighted by molar-refractivity contribution is -0.669. The third-order valence-corrected chi connectivity index (χ3v) is 1.37. The van der Waals surface area contributed by atoms with Crippen LogP contribution in [0.1, 0.15) is 13.8 Å². The van der Waals surface area contributed by atoms with Crippen molar-refractivity contribution in [1.82, 2.24) is 10.4 Å². The zero-order valence-electron chi connectivity index (χ0n) is 8.02. The molecule has 2 amide bonds. The fourth-order valence-electron chi connectivity index (χ4n) is 0.848. The minimum Gasteiger partial charge on any atom is -0.594 e. The Morgan fingerprint density at radius 2 is 2.36 bits per heavy atom. The molecule has 0 aliphatic rings. The standard InChI is InChI=1S/C8H12N4O2/c1-6(2)10-8(13)11-7-3-4-12(14)9-5-7/h3-6H,1-2H3,(H2,10,11,13). The van der Waals surface area contributed by atoms with Gasteiger partial charge in [0.1, 0.15) is 6.20 Å². The molecule has 0 bridgehead atoms. The van der Waals surface area contributed by atoms with Crippen molar-refractivity contribution in [3.63, 3.8) is 0 Å². The van der Waals surface area contributed by atoms with Gasteiger partial charge in [-0.15, -0.1) is 0 Å². The summed E-state index contributed by atoms with van der Waals surface area (Å²) in [5.74, 6) is 0. The highest BCUT2D eigenvalue weighted by Gasteiger charge is 2.03. The zero-order chi connectivity index (χ0) is 10.6. The van der Waals surface area contributed by atoms with Gasteiger partial charge < -0.3 is 15.8 Å². The molecule has 0 saturated carbocycles. The van der Waals surface area contributed by atoms with E-state index < -0.39 is 0 Å². The highest BCUT2D eigenvalue weighted by molar-refractivity contribution is 5.88. The van der Waals surface area contributed by atoms with Gasteiger partial charge in [-0.05, 0) is 13.8 Å². The van der Waals surface area contributed by atoms with Crippen molar-refractivity contribution in [1.29, 1.82) is 0 Å². The molecule has 0 atom stereocenters. The number of rotatable bonds is 2. The number of carbonyl (C=O) groups is 1. The molecule has 2 N–H and O–H groups in total. The summed E-state index contributed by atoms with van der Waals surface area (Å²) in [5, 5.41) is 19.2. The van der Waals surface area contributed by atoms with Gasteiger partial charge in [-0.3, -0.25) is 0 Å². The first-order valence-corrected chi connectivity index (χ1v) is 4.21. The third kappa shape index (κ3) is 3.26. The van der Waals surface area contributed by atoms with E-state index in [1.807, 2.05) is 13.8 Å². The number of nitrogens with one attached hydrogen (secondary N) is 2. The molecule has 76 valence electrons. The number of nitrogens with zero attached hydrogens (tertiary/aromatic N) is 2. The van der Waals surface area contributed by atoms with E-state index in [4.69, 9.17) is 0 Å². The summed E-state index contributed by atoms with van der Waals surface area (Å²) in [7, 11) is 0. The van der Waals surface area contributed by atoms with Crippen LogP contribution in [-0.4, -0.2) is 17.2 Å². The van der Waals surface area contributed by atoms with Gasteiger partial charge in [0.25, 0.3) is 0 Å². The lowest BCUT2D eigenvalue weighted by Crippen LogP contribution is -2.35. The maximum atomic E-state index is 11.2. The molecule has 0 aromatic carbocycles. The molecule has 0 unspecified atom stereocenters. The Balaban J connectivity index is 2.52. The van der Waals surface area contributed by atoms with E-state index in [0.29, 0.717) is 10.5 Å². The molecule has 1 aromatic rings. The van der Waals surface area contributed by atoms with Crippen molar-refractivity contribution in [2.75, 3.05) is 5.32 Å². The van der Waals surface area contributed by atoms with Crippen molar-refractivity contribution in [2.24, 2.45) is 0 Å². The van der Waals surface area contributed by atoms with Gasteiger partial charge in [-0.2, -0.15) is 0 Å². The van der Waals surface area contributed by atoms with E-state index in [9.17, 15) is 10.0 Å². The average Bonchev–Trinajstić information content (AvgIpc) is 2.07. The fourth-order valence-corrected chi connectivity index (χ4v) is 0.848. The lowest BCUT2D eigenvalue weighted by atomic mass is 10.4. The monoisotopic (exact) mass is 196 g/mol. The summed E-state index contributed by atoms with van der Waals surface area (Å²) in [6.45, 7) is 3.71. The zero-order valence-corrected chi connectivity index (χ0v) is 8.02. The normalized spacial score (nSPS) is 9.93. The number of amides is 2. The third-order valence-electron chi connectivity index (χ3n) is 1.37. The SMILES string of the molecule is CC(C)NC(=O)Nc1cc[n+]([O-])nc1. The molecule has 0 aliphatic carbocycles. The second-order valence-corrected chi connectivity index (χ2v) is 3.07. The topological polar surface area (TPSA) is 81.0 Å². The van der Waals surface area contributed by atoms with Crippen molar-refractivity contribution in [3.8, 4) is 0 Å². The Bertz CT molecular complexity index is 310. The molecule has 0 fully saturated rings. The number of urea groups is 1. The van der Waals surface area contributed by atoms with Crippen LogP contribution in [0.2, 0.25) is 0 Å². The minimum absolute atomic E-state index is 0.0658. The summed E-state index contributed by atoms with van der Waals surface area (Å²) in [5.41, 5.74) is 0.482. The van der Waals surface area contributed by atoms with Gasteiger partial charge in [-0.25, -0.2) is 4.79 Å². The van der Waals surface area contributed by atoms with Gasteiger partial charge >= 0.3 is 6.03 Å². The number of hydrogen-bond acceptors (Lipinski definition) is 3. The van der Waals surface area contributed by atoms with Crippen molar-refractivity contribution >= 4 is 11.7 Å². The first-order valence-electron chi connectivity index (χ1n) is 4.21. The Morgan fingerprint density at radius 1 is 1.64 bits per heavy atom. The maximum Gasteiger partial charge on any atom is 0.319 e. The average molecular weight is 196 g/mol. The Morgan fingerprint density at radius 3 is 2.86 bits per heavy atom. The summed E-state index contributed by atoms with van der Waals surface area (Å²) >= 11 is 0. The van der Waals surface area contributed by atoms with E-state index in [1.165, 1.54) is 18.5 Å². The minimum atomic E-state index is -0.314. The molecule has 0 saturated heterocycles. The van der Waals surface area contributed by atoms with Crippen molar-refractivity contribution in [3.05, 3.63) is 23.7 Å². The van der Waals surface area contributed by atoms with E-state index in [2.05, 4.69) is 15.7 Å². The van der Waals surface area contributed by atoms with Crippen LogP contribution in [0.25, 0.3) is 0 Å². The van der Waals surface area contributed by atoms with Crippen LogP contribution in [0.4, 0.5) is 10.5 Å². The van der Waals surface area contributed by atoms with Crippen LogP contribution in [0.5, 0.6) is 0 Å². The molecule has 1 rings (SSSR count). The van der Waals surface area contributed by atoms with Crippen LogP contribution >= 0.6 is 0 Å². The van der Waals surface area contributed by atoms with Crippen LogP contribution in [0, 0.1) is 5.21 Å². The van der Waals surface area contributed by atoms with Crippen molar-refractivity contribution in [2.45, 2.75) is 19.9 Å². The summed E-state index contributed by atoms with van der Waals surface area (Å²) < 4.78 is 0. The molecule has 6 heteroatoms. The lowest BCUT2D eigenvalue weighted by Gasteiger charge is -2.08. The fraction of sp³-hybridized carbons (Fsp3) is 0.375. The number of carbonyl (C=O) groups excluding carboxylic acids is 1. The Labute approximate surface area is 81.5 Å². The van der Waals surface area contributed by atoms with Gasteiger partial charge in [0.2, 0.25) is 6.20 Å². The first kappa shape index (κ1) is 10.2. The molecule has 0 aliphatic heterocycles. The molecular weight excluding hydrogens is 184 g/mol. The van der Waals surface area contributed by atoms with E-state index in [1.54, 1.807) is 0 Å². The highest BCUT2D eigenvalue weighted by atomic mass is 16.5. The molecule has 1 aromatic heterocycles. The van der Waals surface area contributed by atoms with Crippen LogP contribution in [0.3, 0.4) is 0 Å². The molecular formula is C8H12N4O2. The Kier molecular flexibility index (Phi) is 3.22. The van der Waals surface area contributed by atoms with Crippen LogP contribution in [0.15, 0.2) is 18.5 Å². The van der Waals surface area contributed by atoms with Gasteiger partial charge in [0, 0.05) is 17.2 Å². The van der Waals surface area contributed by atoms with Gasteiger partial charge in [0.15, 0.2) is 0 Å². The molecule has 0 spiro atoms. The van der Waals surface area contributed by atoms with Gasteiger partial charge in [-0.1, -0.05) is 4.85 Å². The van der Waals surface area contributed by atoms with Crippen molar-refractivity contribution < 1.29 is 9.64 Å². The van der Waals surface area contributed by atoms with E-state index in [-0.39, 0.29) is 12.1 Å². The molecule has 14 heavy (non-hydrogen) atoms.